The molecule has 2 rings (SSSR count). The van der Waals surface area contributed by atoms with Gasteiger partial charge in [0.1, 0.15) is 5.60 Å². The Morgan fingerprint density at radius 3 is 2.53 bits per heavy atom. The molecule has 0 bridgehead atoms. The molecule has 19 heavy (non-hydrogen) atoms. The molecule has 1 aromatic heterocycles. The number of aryl methyl sites for hydroxylation is 1. The van der Waals surface area contributed by atoms with Crippen LogP contribution in [0.1, 0.15) is 45.0 Å². The van der Waals surface area contributed by atoms with Crippen LogP contribution in [0, 0.1) is 6.92 Å². The fraction of sp³-hybridized carbons (Fsp3) is 0.643. The molecular weight excluding hydrogens is 242 g/mol. The van der Waals surface area contributed by atoms with Gasteiger partial charge in [-0.25, -0.2) is 4.79 Å². The van der Waals surface area contributed by atoms with Gasteiger partial charge in [0.05, 0.1) is 11.4 Å². The zero-order chi connectivity index (χ0) is 14.1. The van der Waals surface area contributed by atoms with E-state index in [1.807, 2.05) is 39.8 Å². The molecule has 5 heteroatoms. The summed E-state index contributed by atoms with van der Waals surface area (Å²) in [5.74, 6) is 0. The molecule has 0 aliphatic heterocycles. The van der Waals surface area contributed by atoms with Gasteiger partial charge in [-0.05, 0) is 52.7 Å². The Hall–Kier alpha value is -1.65. The van der Waals surface area contributed by atoms with Crippen LogP contribution in [0.25, 0.3) is 0 Å². The average Bonchev–Trinajstić information content (AvgIpc) is 3.06. The second-order valence-corrected chi connectivity index (χ2v) is 6.20. The lowest BCUT2D eigenvalue weighted by atomic mass is 10.0. The van der Waals surface area contributed by atoms with Crippen LogP contribution < -0.4 is 5.32 Å². The van der Waals surface area contributed by atoms with E-state index in [1.165, 1.54) is 0 Å². The summed E-state index contributed by atoms with van der Waals surface area (Å²) in [4.78, 5) is 11.6. The molecule has 1 fully saturated rings. The summed E-state index contributed by atoms with van der Waals surface area (Å²) in [5, 5.41) is 11.1. The second kappa shape index (κ2) is 4.79. The number of amides is 1. The molecule has 0 aromatic carbocycles. The van der Waals surface area contributed by atoms with Gasteiger partial charge < -0.3 is 10.1 Å². The third-order valence-electron chi connectivity index (χ3n) is 3.16. The normalized spacial score (nSPS) is 16.8. The zero-order valence-corrected chi connectivity index (χ0v) is 12.0. The van der Waals surface area contributed by atoms with Crippen LogP contribution in [-0.2, 0) is 10.2 Å². The molecule has 0 spiro atoms. The number of hydrogen-bond donors (Lipinski definition) is 1. The maximum atomic E-state index is 11.6. The predicted molar refractivity (Wildman–Crippen MR) is 71.9 cm³/mol. The van der Waals surface area contributed by atoms with Crippen LogP contribution in [0.4, 0.5) is 4.79 Å². The fourth-order valence-electron chi connectivity index (χ4n) is 1.91. The van der Waals surface area contributed by atoms with Crippen molar-refractivity contribution < 1.29 is 9.53 Å². The van der Waals surface area contributed by atoms with E-state index in [1.54, 1.807) is 0 Å². The van der Waals surface area contributed by atoms with Gasteiger partial charge in [0.2, 0.25) is 0 Å². The lowest BCUT2D eigenvalue weighted by molar-refractivity contribution is 0.0522. The molecule has 1 N–H and O–H groups in total. The number of hydrogen-bond acceptors (Lipinski definition) is 4. The van der Waals surface area contributed by atoms with E-state index in [9.17, 15) is 4.79 Å². The quantitative estimate of drug-likeness (QED) is 0.909. The number of nitrogens with zero attached hydrogens (tertiary/aromatic N) is 2. The number of rotatable bonds is 3. The maximum Gasteiger partial charge on any atom is 0.407 e. The molecule has 104 valence electrons. The van der Waals surface area contributed by atoms with Gasteiger partial charge in [-0.1, -0.05) is 0 Å². The third-order valence-corrected chi connectivity index (χ3v) is 3.16. The van der Waals surface area contributed by atoms with Crippen LogP contribution in [0.5, 0.6) is 0 Å². The molecule has 0 unspecified atom stereocenters. The molecule has 1 amide bonds. The summed E-state index contributed by atoms with van der Waals surface area (Å²) in [6.07, 6.45) is 1.68. The number of aromatic nitrogens is 2. The Balaban J connectivity index is 1.92. The Morgan fingerprint density at radius 1 is 1.37 bits per heavy atom. The van der Waals surface area contributed by atoms with Gasteiger partial charge in [-0.15, -0.1) is 0 Å². The minimum absolute atomic E-state index is 0.0440. The maximum absolute atomic E-state index is 11.6. The second-order valence-electron chi connectivity index (χ2n) is 6.20. The van der Waals surface area contributed by atoms with Crippen molar-refractivity contribution in [2.75, 3.05) is 6.54 Å². The lowest BCUT2D eigenvalue weighted by Crippen LogP contribution is -2.37. The minimum atomic E-state index is -0.468. The molecule has 5 nitrogen and oxygen atoms in total. The zero-order valence-electron chi connectivity index (χ0n) is 12.0. The summed E-state index contributed by atoms with van der Waals surface area (Å²) in [5.41, 5.74) is 1.34. The first-order chi connectivity index (χ1) is 8.81. The standard InChI is InChI=1S/C14H21N3O2/c1-10-5-6-11(17-16-10)14(7-8-14)9-15-12(18)19-13(2,3)4/h5-6H,7-9H2,1-4H3,(H,15,18). The molecule has 1 aliphatic rings. The van der Waals surface area contributed by atoms with Crippen molar-refractivity contribution in [3.8, 4) is 0 Å². The molecule has 0 radical (unpaired) electrons. The SMILES string of the molecule is Cc1ccc(C2(CNC(=O)OC(C)(C)C)CC2)nn1. The number of carbonyl (C=O) groups is 1. The number of nitrogens with one attached hydrogen (secondary N) is 1. The van der Waals surface area contributed by atoms with Gasteiger partial charge in [0, 0.05) is 12.0 Å². The van der Waals surface area contributed by atoms with E-state index in [-0.39, 0.29) is 11.5 Å². The average molecular weight is 263 g/mol. The van der Waals surface area contributed by atoms with Crippen LogP contribution in [-0.4, -0.2) is 28.4 Å². The summed E-state index contributed by atoms with van der Waals surface area (Å²) in [6.45, 7) is 8.02. The van der Waals surface area contributed by atoms with Gasteiger partial charge >= 0.3 is 6.09 Å². The Morgan fingerprint density at radius 2 is 2.05 bits per heavy atom. The van der Waals surface area contributed by atoms with Crippen molar-refractivity contribution in [1.82, 2.24) is 15.5 Å². The Labute approximate surface area is 113 Å². The fourth-order valence-corrected chi connectivity index (χ4v) is 1.91. The van der Waals surface area contributed by atoms with E-state index in [4.69, 9.17) is 4.74 Å². The van der Waals surface area contributed by atoms with E-state index < -0.39 is 5.60 Å². The third kappa shape index (κ3) is 3.66. The van der Waals surface area contributed by atoms with Crippen molar-refractivity contribution in [1.29, 1.82) is 0 Å². The summed E-state index contributed by atoms with van der Waals surface area (Å²) in [6, 6.07) is 3.95. The summed E-state index contributed by atoms with van der Waals surface area (Å²) < 4.78 is 5.23. The highest BCUT2D eigenvalue weighted by molar-refractivity contribution is 5.68. The Bertz CT molecular complexity index is 459. The number of ether oxygens (including phenoxy) is 1. The van der Waals surface area contributed by atoms with Crippen molar-refractivity contribution in [3.63, 3.8) is 0 Å². The minimum Gasteiger partial charge on any atom is -0.444 e. The van der Waals surface area contributed by atoms with E-state index in [0.29, 0.717) is 6.54 Å². The van der Waals surface area contributed by atoms with Gasteiger partial charge in [0.25, 0.3) is 0 Å². The molecule has 0 saturated heterocycles. The highest BCUT2D eigenvalue weighted by Crippen LogP contribution is 2.46. The largest absolute Gasteiger partial charge is 0.444 e. The lowest BCUT2D eigenvalue weighted by Gasteiger charge is -2.21. The van der Waals surface area contributed by atoms with Crippen molar-refractivity contribution in [2.45, 2.75) is 51.6 Å². The van der Waals surface area contributed by atoms with Gasteiger partial charge in [-0.3, -0.25) is 0 Å². The molecule has 1 heterocycles. The van der Waals surface area contributed by atoms with Crippen molar-refractivity contribution >= 4 is 6.09 Å². The van der Waals surface area contributed by atoms with Crippen LogP contribution in [0.3, 0.4) is 0 Å². The Kier molecular flexibility index (Phi) is 3.47. The van der Waals surface area contributed by atoms with Crippen LogP contribution in [0.2, 0.25) is 0 Å². The molecule has 0 atom stereocenters. The van der Waals surface area contributed by atoms with Crippen LogP contribution >= 0.6 is 0 Å². The van der Waals surface area contributed by atoms with Crippen LogP contribution in [0.15, 0.2) is 12.1 Å². The first kappa shape index (κ1) is 13.8. The van der Waals surface area contributed by atoms with Crippen molar-refractivity contribution in [2.24, 2.45) is 0 Å². The number of carbonyl (C=O) groups excluding carboxylic acids is 1. The first-order valence-corrected chi connectivity index (χ1v) is 6.58. The highest BCUT2D eigenvalue weighted by atomic mass is 16.6. The van der Waals surface area contributed by atoms with E-state index in [0.717, 1.165) is 24.2 Å². The van der Waals surface area contributed by atoms with Crippen molar-refractivity contribution in [3.05, 3.63) is 23.5 Å². The van der Waals surface area contributed by atoms with E-state index in [2.05, 4.69) is 15.5 Å². The number of alkyl carbamates (subject to hydrolysis) is 1. The highest BCUT2D eigenvalue weighted by Gasteiger charge is 2.46. The van der Waals surface area contributed by atoms with Gasteiger partial charge in [-0.2, -0.15) is 10.2 Å². The smallest absolute Gasteiger partial charge is 0.407 e. The molecular formula is C14H21N3O2. The molecule has 1 aliphatic carbocycles. The monoisotopic (exact) mass is 263 g/mol. The van der Waals surface area contributed by atoms with Gasteiger partial charge in [0.15, 0.2) is 0 Å². The topological polar surface area (TPSA) is 64.1 Å². The van der Waals surface area contributed by atoms with E-state index >= 15 is 0 Å². The predicted octanol–water partition coefficient (Wildman–Crippen LogP) is 2.34. The molecule has 1 saturated carbocycles. The summed E-state index contributed by atoms with van der Waals surface area (Å²) in [7, 11) is 0. The first-order valence-electron chi connectivity index (χ1n) is 6.58. The molecule has 1 aromatic rings. The summed E-state index contributed by atoms with van der Waals surface area (Å²) >= 11 is 0.